The number of halogens is 2. The number of aromatic nitrogens is 1. The fourth-order valence-corrected chi connectivity index (χ4v) is 6.76. The van der Waals surface area contributed by atoms with Crippen molar-refractivity contribution < 1.29 is 19.4 Å². The molecule has 0 spiro atoms. The van der Waals surface area contributed by atoms with Crippen molar-refractivity contribution in [2.45, 2.75) is 64.5 Å². The van der Waals surface area contributed by atoms with Crippen molar-refractivity contribution in [3.05, 3.63) is 93.2 Å². The predicted molar refractivity (Wildman–Crippen MR) is 186 cm³/mol. The van der Waals surface area contributed by atoms with Crippen molar-refractivity contribution in [3.63, 3.8) is 0 Å². The van der Waals surface area contributed by atoms with Crippen LogP contribution in [0.15, 0.2) is 65.8 Å². The minimum Gasteiger partial charge on any atom is -0.493 e. The number of ether oxygens (including phenoxy) is 1. The van der Waals surface area contributed by atoms with Gasteiger partial charge in [0.1, 0.15) is 22.7 Å². The SMILES string of the molecule is CCOc1cc(C(C)(C)C)ncc1C1=N[C@@](C)(c2ccc(Cl)cc2)[C@@](C)(c2ccc(Cl)cc2)N1C(=O)N1CCCN(CC(=O)O)CC1. The molecule has 1 aromatic heterocycles. The monoisotopic (exact) mass is 679 g/mol. The largest absolute Gasteiger partial charge is 0.493 e. The third kappa shape index (κ3) is 6.71. The Labute approximate surface area is 287 Å². The van der Waals surface area contributed by atoms with Crippen LogP contribution in [-0.2, 0) is 21.3 Å². The van der Waals surface area contributed by atoms with E-state index in [9.17, 15) is 9.90 Å². The van der Waals surface area contributed by atoms with Crippen molar-refractivity contribution >= 4 is 41.0 Å². The van der Waals surface area contributed by atoms with Gasteiger partial charge in [-0.3, -0.25) is 24.6 Å². The van der Waals surface area contributed by atoms with Crippen molar-refractivity contribution in [3.8, 4) is 5.75 Å². The Hall–Kier alpha value is -3.66. The summed E-state index contributed by atoms with van der Waals surface area (Å²) in [5.74, 6) is 0.140. The van der Waals surface area contributed by atoms with Gasteiger partial charge in [-0.15, -0.1) is 0 Å². The standard InChI is InChI=1S/C36H43Cl2N5O4/c1-7-47-29-21-30(34(2,3)4)39-22-28(29)32-40-35(5,24-9-13-26(37)14-10-24)36(6,25-11-15-27(38)16-12-25)43(32)33(46)42-18-8-17-41(19-20-42)23-31(44)45/h9-16,21-22H,7-8,17-20,23H2,1-6H3,(H,44,45)/t35-,36+/m0/s1. The lowest BCUT2D eigenvalue weighted by molar-refractivity contribution is -0.138. The molecule has 2 aliphatic rings. The number of amidine groups is 1. The number of hydrogen-bond acceptors (Lipinski definition) is 6. The van der Waals surface area contributed by atoms with Crippen LogP contribution in [0.3, 0.4) is 0 Å². The smallest absolute Gasteiger partial charge is 0.326 e. The van der Waals surface area contributed by atoms with Crippen molar-refractivity contribution in [2.75, 3.05) is 39.3 Å². The van der Waals surface area contributed by atoms with E-state index in [1.54, 1.807) is 16.0 Å². The minimum atomic E-state index is -1.06. The van der Waals surface area contributed by atoms with E-state index in [2.05, 4.69) is 20.8 Å². The number of hydrogen-bond donors (Lipinski definition) is 1. The molecule has 47 heavy (non-hydrogen) atoms. The maximum Gasteiger partial charge on any atom is 0.326 e. The Morgan fingerprint density at radius 1 is 0.936 bits per heavy atom. The average molecular weight is 681 g/mol. The molecule has 2 amide bonds. The Morgan fingerprint density at radius 2 is 1.55 bits per heavy atom. The number of carboxylic acids is 1. The van der Waals surface area contributed by atoms with Crippen LogP contribution in [0.1, 0.15) is 70.3 Å². The summed E-state index contributed by atoms with van der Waals surface area (Å²) in [5, 5.41) is 10.6. The number of urea groups is 1. The van der Waals surface area contributed by atoms with E-state index in [0.717, 1.165) is 16.8 Å². The van der Waals surface area contributed by atoms with E-state index >= 15 is 4.79 Å². The van der Waals surface area contributed by atoms with E-state index in [0.29, 0.717) is 66.4 Å². The van der Waals surface area contributed by atoms with Crippen LogP contribution < -0.4 is 4.74 Å². The number of rotatable bonds is 7. The molecule has 1 saturated heterocycles. The van der Waals surface area contributed by atoms with Crippen LogP contribution in [-0.4, -0.2) is 82.0 Å². The Kier molecular flexibility index (Phi) is 9.92. The van der Waals surface area contributed by atoms with Crippen LogP contribution >= 0.6 is 23.2 Å². The molecule has 0 aliphatic carbocycles. The van der Waals surface area contributed by atoms with Gasteiger partial charge in [0.05, 0.1) is 18.7 Å². The molecule has 9 nitrogen and oxygen atoms in total. The van der Waals surface area contributed by atoms with Gasteiger partial charge < -0.3 is 14.7 Å². The summed E-state index contributed by atoms with van der Waals surface area (Å²) in [5.41, 5.74) is 0.877. The second-order valence-electron chi connectivity index (χ2n) is 13.5. The molecule has 1 N–H and O–H groups in total. The Bertz CT molecular complexity index is 1660. The van der Waals surface area contributed by atoms with Gasteiger partial charge in [-0.2, -0.15) is 0 Å². The summed E-state index contributed by atoms with van der Waals surface area (Å²) < 4.78 is 6.24. The first-order valence-electron chi connectivity index (χ1n) is 16.0. The van der Waals surface area contributed by atoms with Crippen LogP contribution in [0.5, 0.6) is 5.75 Å². The highest BCUT2D eigenvalue weighted by Crippen LogP contribution is 2.54. The molecule has 5 rings (SSSR count). The molecular formula is C36H43Cl2N5O4. The van der Waals surface area contributed by atoms with Gasteiger partial charge in [0.2, 0.25) is 0 Å². The number of carboxylic acid groups (broad SMARTS) is 1. The van der Waals surface area contributed by atoms with Gasteiger partial charge in [-0.1, -0.05) is 68.2 Å². The van der Waals surface area contributed by atoms with Crippen molar-refractivity contribution in [1.29, 1.82) is 0 Å². The highest BCUT2D eigenvalue weighted by Gasteiger charge is 2.60. The number of aliphatic carboxylic acids is 1. The molecule has 3 aromatic rings. The number of benzene rings is 2. The number of carbonyl (C=O) groups is 2. The first-order valence-corrected chi connectivity index (χ1v) is 16.7. The predicted octanol–water partition coefficient (Wildman–Crippen LogP) is 7.19. The fraction of sp³-hybridized carbons (Fsp3) is 0.444. The summed E-state index contributed by atoms with van der Waals surface area (Å²) >= 11 is 12.7. The average Bonchev–Trinajstić information content (AvgIpc) is 3.12. The maximum absolute atomic E-state index is 15.1. The van der Waals surface area contributed by atoms with Gasteiger partial charge in [-0.05, 0) is 62.6 Å². The molecule has 2 aromatic carbocycles. The summed E-state index contributed by atoms with van der Waals surface area (Å²) in [7, 11) is 0. The molecule has 0 unspecified atom stereocenters. The molecule has 2 atom stereocenters. The summed E-state index contributed by atoms with van der Waals surface area (Å²) in [6, 6.07) is 16.8. The molecule has 3 heterocycles. The van der Waals surface area contributed by atoms with Crippen molar-refractivity contribution in [2.24, 2.45) is 4.99 Å². The lowest BCUT2D eigenvalue weighted by Gasteiger charge is -2.46. The number of amides is 2. The van der Waals surface area contributed by atoms with Gasteiger partial charge in [0.15, 0.2) is 0 Å². The van der Waals surface area contributed by atoms with E-state index in [1.807, 2.05) is 80.3 Å². The van der Waals surface area contributed by atoms with Gasteiger partial charge in [-0.25, -0.2) is 4.79 Å². The zero-order chi connectivity index (χ0) is 34.1. The molecule has 2 aliphatic heterocycles. The minimum absolute atomic E-state index is 0.0703. The van der Waals surface area contributed by atoms with Gasteiger partial charge in [0.25, 0.3) is 0 Å². The Balaban J connectivity index is 1.74. The first-order chi connectivity index (χ1) is 22.2. The van der Waals surface area contributed by atoms with E-state index in [1.165, 1.54) is 0 Å². The third-order valence-electron chi connectivity index (χ3n) is 9.33. The lowest BCUT2D eigenvalue weighted by atomic mass is 9.71. The number of nitrogens with zero attached hydrogens (tertiary/aromatic N) is 5. The molecule has 0 radical (unpaired) electrons. The summed E-state index contributed by atoms with van der Waals surface area (Å²) in [4.78, 5) is 42.4. The topological polar surface area (TPSA) is 98.6 Å². The normalized spacial score (nSPS) is 22.2. The molecule has 11 heteroatoms. The number of carbonyl (C=O) groups excluding carboxylic acids is 1. The first kappa shape index (κ1) is 34.7. The second kappa shape index (κ2) is 13.5. The maximum atomic E-state index is 15.1. The number of pyridine rings is 1. The van der Waals surface area contributed by atoms with E-state index in [4.69, 9.17) is 37.9 Å². The second-order valence-corrected chi connectivity index (χ2v) is 14.3. The van der Waals surface area contributed by atoms with Crippen LogP contribution in [0.25, 0.3) is 0 Å². The zero-order valence-electron chi connectivity index (χ0n) is 27.9. The molecular weight excluding hydrogens is 637 g/mol. The molecule has 0 saturated carbocycles. The van der Waals surface area contributed by atoms with Crippen LogP contribution in [0.4, 0.5) is 4.79 Å². The van der Waals surface area contributed by atoms with E-state index < -0.39 is 17.0 Å². The fourth-order valence-electron chi connectivity index (χ4n) is 6.51. The molecule has 1 fully saturated rings. The highest BCUT2D eigenvalue weighted by atomic mass is 35.5. The van der Waals surface area contributed by atoms with Gasteiger partial charge in [0, 0.05) is 59.6 Å². The quantitative estimate of drug-likeness (QED) is 0.284. The molecule has 0 bridgehead atoms. The van der Waals surface area contributed by atoms with Crippen LogP contribution in [0, 0.1) is 0 Å². The third-order valence-corrected chi connectivity index (χ3v) is 9.84. The number of aliphatic imine (C=N–C) groups is 1. The highest BCUT2D eigenvalue weighted by molar-refractivity contribution is 6.30. The van der Waals surface area contributed by atoms with Crippen molar-refractivity contribution in [1.82, 2.24) is 19.7 Å². The summed E-state index contributed by atoms with van der Waals surface area (Å²) in [6.45, 7) is 14.5. The van der Waals surface area contributed by atoms with E-state index in [-0.39, 0.29) is 18.0 Å². The van der Waals surface area contributed by atoms with Crippen LogP contribution in [0.2, 0.25) is 10.0 Å². The lowest BCUT2D eigenvalue weighted by Crippen LogP contribution is -2.58. The Morgan fingerprint density at radius 3 is 2.13 bits per heavy atom. The van der Waals surface area contributed by atoms with Gasteiger partial charge >= 0.3 is 12.0 Å². The zero-order valence-corrected chi connectivity index (χ0v) is 29.4. The summed E-state index contributed by atoms with van der Waals surface area (Å²) in [6.07, 6.45) is 2.40. The molecule has 250 valence electrons.